The molecule has 0 aromatic carbocycles. The molecular formula is C22H36N4O2. The van der Waals surface area contributed by atoms with Crippen LogP contribution in [0.1, 0.15) is 74.7 Å². The quantitative estimate of drug-likeness (QED) is 0.699. The van der Waals surface area contributed by atoms with E-state index in [2.05, 4.69) is 20.4 Å². The van der Waals surface area contributed by atoms with Crippen LogP contribution in [-0.4, -0.2) is 57.9 Å². The van der Waals surface area contributed by atoms with E-state index in [-0.39, 0.29) is 12.0 Å². The maximum absolute atomic E-state index is 12.5. The minimum absolute atomic E-state index is 0.102. The summed E-state index contributed by atoms with van der Waals surface area (Å²) in [6, 6.07) is 0.328. The van der Waals surface area contributed by atoms with E-state index in [4.69, 9.17) is 0 Å². The van der Waals surface area contributed by atoms with E-state index in [1.165, 1.54) is 36.9 Å². The highest BCUT2D eigenvalue weighted by atomic mass is 16.3. The second-order valence-corrected chi connectivity index (χ2v) is 9.16. The summed E-state index contributed by atoms with van der Waals surface area (Å²) in [6.07, 6.45) is 12.4. The number of H-pyrrole nitrogens is 1. The molecule has 2 heterocycles. The standard InChI is InChI=1S/C22H36N4O2/c27-18-10-12-26(13-11-18)15-16-4-3-5-17(14-16)23-22(28)9-8-21-19-6-1-2-7-20(19)24-25-21/h16-18,27H,1-15H2,(H,23,28)(H,24,25)/t16-,17-/m1/s1. The molecule has 0 radical (unpaired) electrons. The molecule has 1 amide bonds. The molecule has 28 heavy (non-hydrogen) atoms. The second-order valence-electron chi connectivity index (χ2n) is 9.16. The first-order valence-electron chi connectivity index (χ1n) is 11.4. The zero-order valence-electron chi connectivity index (χ0n) is 17.1. The Balaban J connectivity index is 1.20. The average Bonchev–Trinajstić information content (AvgIpc) is 3.12. The fourth-order valence-electron chi connectivity index (χ4n) is 5.34. The molecule has 2 fully saturated rings. The van der Waals surface area contributed by atoms with Gasteiger partial charge in [-0.25, -0.2) is 0 Å². The minimum Gasteiger partial charge on any atom is -0.393 e. The van der Waals surface area contributed by atoms with Crippen LogP contribution >= 0.6 is 0 Å². The van der Waals surface area contributed by atoms with Crippen molar-refractivity contribution in [1.82, 2.24) is 20.4 Å². The number of rotatable bonds is 6. The molecular weight excluding hydrogens is 352 g/mol. The van der Waals surface area contributed by atoms with Crippen molar-refractivity contribution < 1.29 is 9.90 Å². The third kappa shape index (κ3) is 5.15. The fraction of sp³-hybridized carbons (Fsp3) is 0.818. The average molecular weight is 389 g/mol. The Morgan fingerprint density at radius 2 is 1.96 bits per heavy atom. The highest BCUT2D eigenvalue weighted by molar-refractivity contribution is 5.76. The number of aliphatic hydroxyl groups is 1. The van der Waals surface area contributed by atoms with Crippen LogP contribution in [0.25, 0.3) is 0 Å². The number of hydrogen-bond donors (Lipinski definition) is 3. The smallest absolute Gasteiger partial charge is 0.220 e. The maximum atomic E-state index is 12.5. The Kier molecular flexibility index (Phi) is 6.68. The van der Waals surface area contributed by atoms with E-state index in [9.17, 15) is 9.90 Å². The van der Waals surface area contributed by atoms with Crippen molar-refractivity contribution in [2.24, 2.45) is 5.92 Å². The van der Waals surface area contributed by atoms with Gasteiger partial charge in [-0.05, 0) is 69.3 Å². The van der Waals surface area contributed by atoms with Crippen LogP contribution < -0.4 is 5.32 Å². The number of amides is 1. The van der Waals surface area contributed by atoms with Gasteiger partial charge in [0, 0.05) is 44.2 Å². The molecule has 1 saturated carbocycles. The number of aromatic nitrogens is 2. The molecule has 3 N–H and O–H groups in total. The number of carbonyl (C=O) groups is 1. The molecule has 0 unspecified atom stereocenters. The maximum Gasteiger partial charge on any atom is 0.220 e. The number of nitrogens with one attached hydrogen (secondary N) is 2. The number of likely N-dealkylation sites (tertiary alicyclic amines) is 1. The van der Waals surface area contributed by atoms with E-state index in [1.54, 1.807) is 0 Å². The lowest BCUT2D eigenvalue weighted by molar-refractivity contribution is -0.122. The SMILES string of the molecule is O=C(CCc1n[nH]c2c1CCCC2)N[C@@H]1CCC[C@@H](CN2CCC(O)CC2)C1. The third-order valence-electron chi connectivity index (χ3n) is 6.95. The first kappa shape index (κ1) is 19.9. The van der Waals surface area contributed by atoms with Crippen molar-refractivity contribution in [2.75, 3.05) is 19.6 Å². The summed E-state index contributed by atoms with van der Waals surface area (Å²) >= 11 is 0. The second kappa shape index (κ2) is 9.40. The summed E-state index contributed by atoms with van der Waals surface area (Å²) in [5, 5.41) is 20.6. The van der Waals surface area contributed by atoms with Crippen LogP contribution in [0.2, 0.25) is 0 Å². The predicted molar refractivity (Wildman–Crippen MR) is 109 cm³/mol. The summed E-state index contributed by atoms with van der Waals surface area (Å²) < 4.78 is 0. The summed E-state index contributed by atoms with van der Waals surface area (Å²) in [7, 11) is 0. The number of aryl methyl sites for hydroxylation is 2. The Morgan fingerprint density at radius 3 is 2.82 bits per heavy atom. The Hall–Kier alpha value is -1.40. The van der Waals surface area contributed by atoms with Crippen LogP contribution in [0, 0.1) is 5.92 Å². The minimum atomic E-state index is -0.102. The molecule has 156 valence electrons. The van der Waals surface area contributed by atoms with Gasteiger partial charge in [-0.15, -0.1) is 0 Å². The molecule has 0 spiro atoms. The van der Waals surface area contributed by atoms with Crippen molar-refractivity contribution in [3.63, 3.8) is 0 Å². The molecule has 6 nitrogen and oxygen atoms in total. The lowest BCUT2D eigenvalue weighted by atomic mass is 9.85. The number of nitrogens with zero attached hydrogens (tertiary/aromatic N) is 2. The van der Waals surface area contributed by atoms with Gasteiger partial charge in [0.25, 0.3) is 0 Å². The van der Waals surface area contributed by atoms with Gasteiger partial charge in [0.05, 0.1) is 11.8 Å². The topological polar surface area (TPSA) is 81.2 Å². The fourth-order valence-corrected chi connectivity index (χ4v) is 5.34. The van der Waals surface area contributed by atoms with Crippen LogP contribution in [-0.2, 0) is 24.1 Å². The zero-order chi connectivity index (χ0) is 19.3. The molecule has 1 aliphatic heterocycles. The van der Waals surface area contributed by atoms with Crippen molar-refractivity contribution in [1.29, 1.82) is 0 Å². The van der Waals surface area contributed by atoms with E-state index in [1.807, 2.05) is 0 Å². The van der Waals surface area contributed by atoms with Crippen LogP contribution in [0.15, 0.2) is 0 Å². The van der Waals surface area contributed by atoms with Crippen LogP contribution in [0.3, 0.4) is 0 Å². The monoisotopic (exact) mass is 388 g/mol. The van der Waals surface area contributed by atoms with E-state index in [0.29, 0.717) is 18.4 Å². The van der Waals surface area contributed by atoms with Gasteiger partial charge >= 0.3 is 0 Å². The highest BCUT2D eigenvalue weighted by Gasteiger charge is 2.26. The summed E-state index contributed by atoms with van der Waals surface area (Å²) in [6.45, 7) is 3.16. The predicted octanol–water partition coefficient (Wildman–Crippen LogP) is 2.35. The largest absolute Gasteiger partial charge is 0.393 e. The Bertz CT molecular complexity index is 651. The van der Waals surface area contributed by atoms with Crippen molar-refractivity contribution in [3.8, 4) is 0 Å². The van der Waals surface area contributed by atoms with Gasteiger partial charge in [-0.2, -0.15) is 5.10 Å². The summed E-state index contributed by atoms with van der Waals surface area (Å²) in [5.41, 5.74) is 3.78. The molecule has 6 heteroatoms. The molecule has 1 aromatic rings. The number of fused-ring (bicyclic) bond motifs is 1. The lowest BCUT2D eigenvalue weighted by Crippen LogP contribution is -2.43. The molecule has 2 aliphatic carbocycles. The van der Waals surface area contributed by atoms with E-state index < -0.39 is 0 Å². The zero-order valence-corrected chi connectivity index (χ0v) is 17.1. The van der Waals surface area contributed by atoms with Crippen LogP contribution in [0.5, 0.6) is 0 Å². The van der Waals surface area contributed by atoms with E-state index in [0.717, 1.165) is 70.3 Å². The van der Waals surface area contributed by atoms with Crippen LogP contribution in [0.4, 0.5) is 0 Å². The number of aliphatic hydroxyl groups excluding tert-OH is 1. The first-order chi connectivity index (χ1) is 13.7. The number of aromatic amines is 1. The van der Waals surface area contributed by atoms with Crippen molar-refractivity contribution in [3.05, 3.63) is 17.0 Å². The van der Waals surface area contributed by atoms with Crippen molar-refractivity contribution in [2.45, 2.75) is 89.2 Å². The number of piperidine rings is 1. The van der Waals surface area contributed by atoms with Crippen molar-refractivity contribution >= 4 is 5.91 Å². The summed E-state index contributed by atoms with van der Waals surface area (Å²) in [5.74, 6) is 0.854. The highest BCUT2D eigenvalue weighted by Crippen LogP contribution is 2.27. The molecule has 2 atom stereocenters. The van der Waals surface area contributed by atoms with Gasteiger partial charge in [-0.3, -0.25) is 9.89 Å². The Labute approximate surface area is 168 Å². The first-order valence-corrected chi connectivity index (χ1v) is 11.4. The van der Waals surface area contributed by atoms with Gasteiger partial charge in [0.2, 0.25) is 5.91 Å². The van der Waals surface area contributed by atoms with Gasteiger partial charge < -0.3 is 15.3 Å². The van der Waals surface area contributed by atoms with Gasteiger partial charge in [0.15, 0.2) is 0 Å². The molecule has 3 aliphatic rings. The number of carbonyl (C=O) groups excluding carboxylic acids is 1. The molecule has 1 saturated heterocycles. The van der Waals surface area contributed by atoms with Gasteiger partial charge in [0.1, 0.15) is 0 Å². The normalized spacial score (nSPS) is 26.8. The molecule has 0 bridgehead atoms. The number of hydrogen-bond acceptors (Lipinski definition) is 4. The van der Waals surface area contributed by atoms with E-state index >= 15 is 0 Å². The molecule has 4 rings (SSSR count). The Morgan fingerprint density at radius 1 is 1.14 bits per heavy atom. The summed E-state index contributed by atoms with van der Waals surface area (Å²) in [4.78, 5) is 15.0. The lowest BCUT2D eigenvalue weighted by Gasteiger charge is -2.36. The third-order valence-corrected chi connectivity index (χ3v) is 6.95. The van der Waals surface area contributed by atoms with Gasteiger partial charge in [-0.1, -0.05) is 6.42 Å². The molecule has 1 aromatic heterocycles.